The van der Waals surface area contributed by atoms with Gasteiger partial charge in [0.15, 0.2) is 11.5 Å². The molecule has 7 nitrogen and oxygen atoms in total. The zero-order chi connectivity index (χ0) is 14.7. The summed E-state index contributed by atoms with van der Waals surface area (Å²) in [4.78, 5) is 12.2. The third kappa shape index (κ3) is 2.47. The molecule has 0 aliphatic heterocycles. The number of benzene rings is 1. The van der Waals surface area contributed by atoms with Gasteiger partial charge in [-0.2, -0.15) is 5.26 Å². The van der Waals surface area contributed by atoms with Gasteiger partial charge in [-0.25, -0.2) is 15.0 Å². The lowest BCUT2D eigenvalue weighted by Gasteiger charge is -2.08. The Kier molecular flexibility index (Phi) is 3.35. The summed E-state index contributed by atoms with van der Waals surface area (Å²) in [6.45, 7) is 0.945. The van der Waals surface area contributed by atoms with Crippen LogP contribution in [0.15, 0.2) is 36.9 Å². The largest absolute Gasteiger partial charge is 0.490 e. The number of hydrogen-bond donors (Lipinski definition) is 1. The molecule has 0 aliphatic carbocycles. The summed E-state index contributed by atoms with van der Waals surface area (Å²) >= 11 is 0. The van der Waals surface area contributed by atoms with Crippen LogP contribution >= 0.6 is 0 Å². The first-order valence-corrected chi connectivity index (χ1v) is 6.33. The summed E-state index contributed by atoms with van der Waals surface area (Å²) in [7, 11) is 0. The van der Waals surface area contributed by atoms with Crippen molar-refractivity contribution in [3.63, 3.8) is 0 Å². The summed E-state index contributed by atoms with van der Waals surface area (Å²) in [5, 5.41) is 9.00. The monoisotopic (exact) mass is 280 g/mol. The average molecular weight is 280 g/mol. The Morgan fingerprint density at radius 3 is 2.95 bits per heavy atom. The van der Waals surface area contributed by atoms with E-state index in [0.29, 0.717) is 41.4 Å². The molecule has 21 heavy (non-hydrogen) atoms. The molecular weight excluding hydrogens is 268 g/mol. The van der Waals surface area contributed by atoms with Crippen molar-refractivity contribution in [1.82, 2.24) is 19.5 Å². The molecule has 104 valence electrons. The Balaban J connectivity index is 1.73. The molecule has 0 saturated carbocycles. The van der Waals surface area contributed by atoms with Crippen molar-refractivity contribution in [2.24, 2.45) is 0 Å². The van der Waals surface area contributed by atoms with Crippen LogP contribution in [0.2, 0.25) is 0 Å². The van der Waals surface area contributed by atoms with Crippen molar-refractivity contribution >= 4 is 17.0 Å². The van der Waals surface area contributed by atoms with E-state index in [4.69, 9.17) is 15.7 Å². The van der Waals surface area contributed by atoms with Gasteiger partial charge in [-0.1, -0.05) is 12.1 Å². The van der Waals surface area contributed by atoms with Crippen molar-refractivity contribution in [3.05, 3.63) is 42.5 Å². The van der Waals surface area contributed by atoms with Gasteiger partial charge in [0.05, 0.1) is 18.4 Å². The van der Waals surface area contributed by atoms with E-state index in [-0.39, 0.29) is 0 Å². The fourth-order valence-corrected chi connectivity index (χ4v) is 2.00. The molecule has 1 aromatic carbocycles. The molecule has 3 rings (SSSR count). The first kappa shape index (κ1) is 12.9. The van der Waals surface area contributed by atoms with E-state index in [1.165, 1.54) is 6.33 Å². The Hall–Kier alpha value is -3.14. The number of anilines is 1. The van der Waals surface area contributed by atoms with Crippen molar-refractivity contribution in [1.29, 1.82) is 5.26 Å². The van der Waals surface area contributed by atoms with Crippen LogP contribution in [0.3, 0.4) is 0 Å². The number of nitriles is 1. The number of hydrogen-bond acceptors (Lipinski definition) is 6. The van der Waals surface area contributed by atoms with E-state index < -0.39 is 0 Å². The van der Waals surface area contributed by atoms with Crippen LogP contribution in [0, 0.1) is 11.3 Å². The van der Waals surface area contributed by atoms with Gasteiger partial charge in [-0.05, 0) is 12.1 Å². The Morgan fingerprint density at radius 1 is 1.24 bits per heavy atom. The minimum atomic E-state index is 0.356. The van der Waals surface area contributed by atoms with Crippen LogP contribution in [0.5, 0.6) is 5.75 Å². The summed E-state index contributed by atoms with van der Waals surface area (Å²) in [5.41, 5.74) is 7.49. The summed E-state index contributed by atoms with van der Waals surface area (Å²) in [5.74, 6) is 0.924. The molecule has 7 heteroatoms. The van der Waals surface area contributed by atoms with Gasteiger partial charge in [-0.3, -0.25) is 0 Å². The molecule has 0 bridgehead atoms. The molecule has 2 heterocycles. The first-order chi connectivity index (χ1) is 10.3. The van der Waals surface area contributed by atoms with Crippen LogP contribution in [0.25, 0.3) is 11.2 Å². The molecule has 0 spiro atoms. The predicted octanol–water partition coefficient (Wildman–Crippen LogP) is 1.36. The number of para-hydroxylation sites is 1. The number of rotatable bonds is 4. The zero-order valence-electron chi connectivity index (χ0n) is 11.1. The minimum absolute atomic E-state index is 0.356. The second-order valence-corrected chi connectivity index (χ2v) is 4.33. The molecule has 0 amide bonds. The third-order valence-electron chi connectivity index (χ3n) is 3.03. The summed E-state index contributed by atoms with van der Waals surface area (Å²) in [6.07, 6.45) is 3.05. The van der Waals surface area contributed by atoms with Crippen molar-refractivity contribution in [3.8, 4) is 11.8 Å². The number of nitrogen functional groups attached to an aromatic ring is 1. The second kappa shape index (κ2) is 5.46. The Labute approximate surface area is 120 Å². The number of aromatic nitrogens is 4. The maximum absolute atomic E-state index is 9.00. The SMILES string of the molecule is N#Cc1ccccc1OCCn1cnc2c(N)ncnc21. The maximum atomic E-state index is 9.00. The molecule has 2 N–H and O–H groups in total. The second-order valence-electron chi connectivity index (χ2n) is 4.33. The van der Waals surface area contributed by atoms with E-state index in [2.05, 4.69) is 21.0 Å². The van der Waals surface area contributed by atoms with Gasteiger partial charge >= 0.3 is 0 Å². The van der Waals surface area contributed by atoms with Gasteiger partial charge in [0.1, 0.15) is 30.3 Å². The quantitative estimate of drug-likeness (QED) is 0.774. The number of fused-ring (bicyclic) bond motifs is 1. The fraction of sp³-hybridized carbons (Fsp3) is 0.143. The van der Waals surface area contributed by atoms with E-state index >= 15 is 0 Å². The van der Waals surface area contributed by atoms with Crippen LogP contribution in [-0.2, 0) is 6.54 Å². The highest BCUT2D eigenvalue weighted by Gasteiger charge is 2.08. The van der Waals surface area contributed by atoms with Crippen LogP contribution in [0.1, 0.15) is 5.56 Å². The Morgan fingerprint density at radius 2 is 2.10 bits per heavy atom. The average Bonchev–Trinajstić information content (AvgIpc) is 2.93. The first-order valence-electron chi connectivity index (χ1n) is 6.33. The summed E-state index contributed by atoms with van der Waals surface area (Å²) in [6, 6.07) is 9.21. The van der Waals surface area contributed by atoms with Crippen molar-refractivity contribution in [2.45, 2.75) is 6.54 Å². The molecule has 0 fully saturated rings. The maximum Gasteiger partial charge on any atom is 0.165 e. The van der Waals surface area contributed by atoms with Gasteiger partial charge in [0, 0.05) is 0 Å². The lowest BCUT2D eigenvalue weighted by molar-refractivity contribution is 0.299. The molecule has 3 aromatic rings. The zero-order valence-corrected chi connectivity index (χ0v) is 11.1. The lowest BCUT2D eigenvalue weighted by atomic mass is 10.2. The fourth-order valence-electron chi connectivity index (χ4n) is 2.00. The minimum Gasteiger partial charge on any atom is -0.490 e. The molecule has 0 atom stereocenters. The van der Waals surface area contributed by atoms with Gasteiger partial charge in [0.2, 0.25) is 0 Å². The number of nitrogens with zero attached hydrogens (tertiary/aromatic N) is 5. The standard InChI is InChI=1S/C14H12N6O/c15-7-10-3-1-2-4-11(10)21-6-5-20-9-19-12-13(16)17-8-18-14(12)20/h1-4,8-9H,5-6H2,(H2,16,17,18). The van der Waals surface area contributed by atoms with Crippen molar-refractivity contribution in [2.75, 3.05) is 12.3 Å². The van der Waals surface area contributed by atoms with Crippen LogP contribution < -0.4 is 10.5 Å². The van der Waals surface area contributed by atoms with E-state index in [9.17, 15) is 0 Å². The van der Waals surface area contributed by atoms with E-state index in [1.807, 2.05) is 10.6 Å². The normalized spacial score (nSPS) is 10.4. The summed E-state index contributed by atoms with van der Waals surface area (Å²) < 4.78 is 7.47. The topological polar surface area (TPSA) is 103 Å². The third-order valence-corrected chi connectivity index (χ3v) is 3.03. The number of ether oxygens (including phenoxy) is 1. The predicted molar refractivity (Wildman–Crippen MR) is 76.4 cm³/mol. The van der Waals surface area contributed by atoms with Crippen LogP contribution in [-0.4, -0.2) is 26.1 Å². The number of imidazole rings is 1. The Bertz CT molecular complexity index is 820. The highest BCUT2D eigenvalue weighted by molar-refractivity contribution is 5.81. The molecule has 0 saturated heterocycles. The molecule has 0 aliphatic rings. The van der Waals surface area contributed by atoms with Crippen LogP contribution in [0.4, 0.5) is 5.82 Å². The van der Waals surface area contributed by atoms with E-state index in [0.717, 1.165) is 0 Å². The van der Waals surface area contributed by atoms with Crippen molar-refractivity contribution < 1.29 is 4.74 Å². The van der Waals surface area contributed by atoms with Gasteiger partial charge in [0.25, 0.3) is 0 Å². The van der Waals surface area contributed by atoms with Gasteiger partial charge in [-0.15, -0.1) is 0 Å². The highest BCUT2D eigenvalue weighted by Crippen LogP contribution is 2.17. The van der Waals surface area contributed by atoms with Gasteiger partial charge < -0.3 is 15.0 Å². The highest BCUT2D eigenvalue weighted by atomic mass is 16.5. The lowest BCUT2D eigenvalue weighted by Crippen LogP contribution is -2.08. The smallest absolute Gasteiger partial charge is 0.165 e. The molecule has 2 aromatic heterocycles. The molecule has 0 unspecified atom stereocenters. The molecular formula is C14H12N6O. The molecule has 0 radical (unpaired) electrons. The number of nitrogens with two attached hydrogens (primary N) is 1. The van der Waals surface area contributed by atoms with E-state index in [1.54, 1.807) is 24.5 Å².